The van der Waals surface area contributed by atoms with Crippen LogP contribution in [0, 0.1) is 29.0 Å². The van der Waals surface area contributed by atoms with Crippen LogP contribution in [-0.4, -0.2) is 4.98 Å². The Hall–Kier alpha value is -2.65. The molecule has 3 heteroatoms. The number of aromatic nitrogens is 1. The molecule has 0 bridgehead atoms. The Morgan fingerprint density at radius 1 is 1.00 bits per heavy atom. The van der Waals surface area contributed by atoms with E-state index in [1.807, 2.05) is 6.07 Å². The van der Waals surface area contributed by atoms with E-state index in [1.165, 1.54) is 12.3 Å². The zero-order valence-electron chi connectivity index (χ0n) is 8.81. The van der Waals surface area contributed by atoms with Crippen LogP contribution in [0.5, 0.6) is 0 Å². The molecule has 1 aromatic heterocycles. The Morgan fingerprint density at radius 2 is 1.76 bits per heavy atom. The third-order valence-corrected chi connectivity index (χ3v) is 2.05. The number of pyridine rings is 1. The van der Waals surface area contributed by atoms with Gasteiger partial charge in [-0.15, -0.1) is 0 Å². The molecule has 2 aromatic rings. The van der Waals surface area contributed by atoms with Crippen LogP contribution in [0.2, 0.25) is 0 Å². The van der Waals surface area contributed by atoms with E-state index in [4.69, 9.17) is 5.26 Å². The summed E-state index contributed by atoms with van der Waals surface area (Å²) >= 11 is 0. The normalized spacial score (nSPS) is 8.94. The minimum atomic E-state index is -0.414. The highest BCUT2D eigenvalue weighted by Crippen LogP contribution is 2.03. The summed E-state index contributed by atoms with van der Waals surface area (Å²) in [5.74, 6) is 5.23. The average molecular weight is 222 g/mol. The van der Waals surface area contributed by atoms with Gasteiger partial charge in [0.15, 0.2) is 0 Å². The first kappa shape index (κ1) is 10.9. The minimum Gasteiger partial charge on any atom is -0.260 e. The van der Waals surface area contributed by atoms with E-state index in [-0.39, 0.29) is 0 Å². The van der Waals surface area contributed by atoms with Gasteiger partial charge >= 0.3 is 0 Å². The van der Waals surface area contributed by atoms with Crippen molar-refractivity contribution < 1.29 is 4.39 Å². The van der Waals surface area contributed by atoms with E-state index in [9.17, 15) is 4.39 Å². The van der Waals surface area contributed by atoms with Gasteiger partial charge in [-0.2, -0.15) is 5.26 Å². The van der Waals surface area contributed by atoms with Gasteiger partial charge in [0.2, 0.25) is 0 Å². The monoisotopic (exact) mass is 222 g/mol. The molecule has 1 heterocycles. The van der Waals surface area contributed by atoms with Gasteiger partial charge in [0.1, 0.15) is 5.82 Å². The van der Waals surface area contributed by atoms with Crippen molar-refractivity contribution >= 4 is 0 Å². The standard InChI is InChI=1S/C14H7FN2/c15-14-7-13(9-17-10-14)5-4-11-2-1-3-12(6-11)8-16/h1-3,6-7,9-10H. The molecule has 0 saturated heterocycles. The van der Waals surface area contributed by atoms with Gasteiger partial charge in [0, 0.05) is 17.3 Å². The topological polar surface area (TPSA) is 36.7 Å². The van der Waals surface area contributed by atoms with Crippen LogP contribution in [0.1, 0.15) is 16.7 Å². The van der Waals surface area contributed by atoms with Crippen molar-refractivity contribution in [3.8, 4) is 17.9 Å². The number of rotatable bonds is 0. The molecule has 0 aliphatic rings. The quantitative estimate of drug-likeness (QED) is 0.642. The van der Waals surface area contributed by atoms with Crippen LogP contribution < -0.4 is 0 Å². The second kappa shape index (κ2) is 4.92. The van der Waals surface area contributed by atoms with E-state index in [1.54, 1.807) is 24.3 Å². The number of hydrogen-bond donors (Lipinski definition) is 0. The van der Waals surface area contributed by atoms with Crippen molar-refractivity contribution in [1.82, 2.24) is 4.98 Å². The first-order chi connectivity index (χ1) is 8.28. The van der Waals surface area contributed by atoms with E-state index in [0.717, 1.165) is 6.20 Å². The summed E-state index contributed by atoms with van der Waals surface area (Å²) in [4.78, 5) is 3.70. The summed E-state index contributed by atoms with van der Waals surface area (Å²) in [7, 11) is 0. The smallest absolute Gasteiger partial charge is 0.142 e. The first-order valence-electron chi connectivity index (χ1n) is 4.91. The summed E-state index contributed by atoms with van der Waals surface area (Å²) in [5.41, 5.74) is 1.77. The lowest BCUT2D eigenvalue weighted by Crippen LogP contribution is -1.82. The largest absolute Gasteiger partial charge is 0.260 e. The number of benzene rings is 1. The maximum atomic E-state index is 12.8. The Labute approximate surface area is 98.4 Å². The number of hydrogen-bond acceptors (Lipinski definition) is 2. The van der Waals surface area contributed by atoms with Gasteiger partial charge in [-0.1, -0.05) is 17.9 Å². The van der Waals surface area contributed by atoms with Crippen LogP contribution in [-0.2, 0) is 0 Å². The van der Waals surface area contributed by atoms with Crippen LogP contribution >= 0.6 is 0 Å². The molecule has 0 N–H and O–H groups in total. The fourth-order valence-corrected chi connectivity index (χ4v) is 1.29. The Balaban J connectivity index is 2.30. The highest BCUT2D eigenvalue weighted by Gasteiger charge is 1.93. The van der Waals surface area contributed by atoms with Crippen molar-refractivity contribution in [1.29, 1.82) is 5.26 Å². The lowest BCUT2D eigenvalue weighted by molar-refractivity contribution is 0.621. The van der Waals surface area contributed by atoms with Gasteiger partial charge in [-0.3, -0.25) is 4.98 Å². The van der Waals surface area contributed by atoms with Crippen molar-refractivity contribution in [2.75, 3.05) is 0 Å². The molecule has 80 valence electrons. The van der Waals surface area contributed by atoms with E-state index in [0.29, 0.717) is 16.7 Å². The molecule has 1 aromatic carbocycles. The third-order valence-electron chi connectivity index (χ3n) is 2.05. The molecule has 2 rings (SSSR count). The van der Waals surface area contributed by atoms with Crippen LogP contribution in [0.15, 0.2) is 42.7 Å². The summed E-state index contributed by atoms with van der Waals surface area (Å²) in [5, 5.41) is 8.73. The molecule has 0 aliphatic carbocycles. The first-order valence-corrected chi connectivity index (χ1v) is 4.91. The predicted octanol–water partition coefficient (Wildman–Crippen LogP) is 2.49. The molecule has 0 fully saturated rings. The molecule has 0 spiro atoms. The van der Waals surface area contributed by atoms with Crippen molar-refractivity contribution in [2.45, 2.75) is 0 Å². The lowest BCUT2D eigenvalue weighted by atomic mass is 10.1. The zero-order chi connectivity index (χ0) is 12.1. The molecule has 17 heavy (non-hydrogen) atoms. The van der Waals surface area contributed by atoms with Crippen LogP contribution in [0.4, 0.5) is 4.39 Å². The predicted molar refractivity (Wildman–Crippen MR) is 61.3 cm³/mol. The maximum Gasteiger partial charge on any atom is 0.142 e. The molecule has 0 saturated carbocycles. The van der Waals surface area contributed by atoms with Gasteiger partial charge < -0.3 is 0 Å². The van der Waals surface area contributed by atoms with E-state index < -0.39 is 5.82 Å². The van der Waals surface area contributed by atoms with Crippen molar-refractivity contribution in [2.24, 2.45) is 0 Å². The summed E-state index contributed by atoms with van der Waals surface area (Å²) in [6, 6.07) is 10.3. The average Bonchev–Trinajstić information content (AvgIpc) is 2.37. The van der Waals surface area contributed by atoms with E-state index in [2.05, 4.69) is 16.8 Å². The summed E-state index contributed by atoms with van der Waals surface area (Å²) in [6.45, 7) is 0. The molecule has 0 radical (unpaired) electrons. The fourth-order valence-electron chi connectivity index (χ4n) is 1.29. The molecular formula is C14H7FN2. The van der Waals surface area contributed by atoms with E-state index >= 15 is 0 Å². The number of halogens is 1. The van der Waals surface area contributed by atoms with Gasteiger partial charge in [-0.05, 0) is 24.3 Å². The molecule has 2 nitrogen and oxygen atoms in total. The molecule has 0 aliphatic heterocycles. The van der Waals surface area contributed by atoms with Crippen LogP contribution in [0.25, 0.3) is 0 Å². The highest BCUT2D eigenvalue weighted by atomic mass is 19.1. The third kappa shape index (κ3) is 2.90. The summed E-state index contributed by atoms with van der Waals surface area (Å²) in [6.07, 6.45) is 2.62. The van der Waals surface area contributed by atoms with Crippen LogP contribution in [0.3, 0.4) is 0 Å². The second-order valence-electron chi connectivity index (χ2n) is 3.33. The van der Waals surface area contributed by atoms with Crippen molar-refractivity contribution in [3.05, 3.63) is 65.2 Å². The molecule has 0 atom stereocenters. The van der Waals surface area contributed by atoms with Crippen molar-refractivity contribution in [3.63, 3.8) is 0 Å². The Bertz CT molecular complexity index is 645. The van der Waals surface area contributed by atoms with Gasteiger partial charge in [-0.25, -0.2) is 4.39 Å². The molecule has 0 unspecified atom stereocenters. The number of nitriles is 1. The molecule has 0 amide bonds. The minimum absolute atomic E-state index is 0.414. The Kier molecular flexibility index (Phi) is 3.14. The maximum absolute atomic E-state index is 12.8. The second-order valence-corrected chi connectivity index (χ2v) is 3.33. The fraction of sp³-hybridized carbons (Fsp3) is 0. The highest BCUT2D eigenvalue weighted by molar-refractivity contribution is 5.45. The lowest BCUT2D eigenvalue weighted by Gasteiger charge is -1.91. The summed E-state index contributed by atoms with van der Waals surface area (Å²) < 4.78 is 12.8. The molecular weight excluding hydrogens is 215 g/mol. The van der Waals surface area contributed by atoms with Gasteiger partial charge in [0.05, 0.1) is 17.8 Å². The number of nitrogens with zero attached hydrogens (tertiary/aromatic N) is 2. The SMILES string of the molecule is N#Cc1cccc(C#Cc2cncc(F)c2)c1. The van der Waals surface area contributed by atoms with Gasteiger partial charge in [0.25, 0.3) is 0 Å². The Morgan fingerprint density at radius 3 is 2.53 bits per heavy atom. The zero-order valence-corrected chi connectivity index (χ0v) is 8.81.